The maximum atomic E-state index is 6.65. The van der Waals surface area contributed by atoms with Gasteiger partial charge in [-0.15, -0.1) is 0 Å². The summed E-state index contributed by atoms with van der Waals surface area (Å²) in [7, 11) is 0. The van der Waals surface area contributed by atoms with Gasteiger partial charge in [0.25, 0.3) is 0 Å². The van der Waals surface area contributed by atoms with Gasteiger partial charge < -0.3 is 4.74 Å². The minimum absolute atomic E-state index is 0.149. The molecule has 0 amide bonds. The second-order valence-corrected chi connectivity index (χ2v) is 8.66. The third-order valence-electron chi connectivity index (χ3n) is 5.93. The maximum Gasteiger partial charge on any atom is 0.127 e. The predicted molar refractivity (Wildman–Crippen MR) is 134 cm³/mol. The highest BCUT2D eigenvalue weighted by Gasteiger charge is 2.31. The summed E-state index contributed by atoms with van der Waals surface area (Å²) in [5.74, 6) is 2.64. The molecule has 168 valence electrons. The van der Waals surface area contributed by atoms with Crippen LogP contribution in [0.3, 0.4) is 0 Å². The van der Waals surface area contributed by atoms with Crippen molar-refractivity contribution in [3.63, 3.8) is 0 Å². The fraction of sp³-hybridized carbons (Fsp3) is 0.586. The van der Waals surface area contributed by atoms with E-state index in [1.165, 1.54) is 33.4 Å². The van der Waals surface area contributed by atoms with Gasteiger partial charge in [0, 0.05) is 5.92 Å². The van der Waals surface area contributed by atoms with Crippen molar-refractivity contribution in [2.45, 2.75) is 107 Å². The lowest BCUT2D eigenvalue weighted by molar-refractivity contribution is 0.122. The molecule has 2 aromatic carbocycles. The molecular formula is C29H46O. The highest BCUT2D eigenvalue weighted by atomic mass is 16.5. The highest BCUT2D eigenvalue weighted by molar-refractivity contribution is 5.48. The molecule has 0 saturated carbocycles. The Kier molecular flexibility index (Phi) is 10.7. The van der Waals surface area contributed by atoms with Crippen LogP contribution in [0.25, 0.3) is 0 Å². The van der Waals surface area contributed by atoms with Gasteiger partial charge in [-0.2, -0.15) is 0 Å². The van der Waals surface area contributed by atoms with Gasteiger partial charge in [0.05, 0.1) is 0 Å². The van der Waals surface area contributed by atoms with Crippen LogP contribution in [0.4, 0.5) is 0 Å². The first-order valence-corrected chi connectivity index (χ1v) is 12.2. The third-order valence-corrected chi connectivity index (χ3v) is 5.93. The molecule has 0 fully saturated rings. The molecule has 2 atom stereocenters. The average Bonchev–Trinajstić information content (AvgIpc) is 2.75. The molecule has 0 bridgehead atoms. The highest BCUT2D eigenvalue weighted by Crippen LogP contribution is 2.43. The zero-order chi connectivity index (χ0) is 23.0. The Hall–Kier alpha value is -1.76. The number of ether oxygens (including phenoxy) is 1. The van der Waals surface area contributed by atoms with Crippen LogP contribution in [0.1, 0.15) is 121 Å². The summed E-state index contributed by atoms with van der Waals surface area (Å²) in [6, 6.07) is 11.6. The third kappa shape index (κ3) is 5.90. The van der Waals surface area contributed by atoms with Crippen molar-refractivity contribution in [3.05, 3.63) is 63.7 Å². The number of aryl methyl sites for hydroxylation is 2. The number of rotatable bonds is 4. The Morgan fingerprint density at radius 2 is 1.57 bits per heavy atom. The molecule has 2 aromatic rings. The molecule has 0 spiro atoms. The summed E-state index contributed by atoms with van der Waals surface area (Å²) < 4.78 is 6.65. The van der Waals surface area contributed by atoms with Gasteiger partial charge in [0.15, 0.2) is 0 Å². The van der Waals surface area contributed by atoms with Gasteiger partial charge in [-0.3, -0.25) is 0 Å². The predicted octanol–water partition coefficient (Wildman–Crippen LogP) is 9.17. The van der Waals surface area contributed by atoms with E-state index in [-0.39, 0.29) is 6.10 Å². The van der Waals surface area contributed by atoms with Crippen molar-refractivity contribution in [1.29, 1.82) is 0 Å². The standard InChI is InChI=1S/C25H34O.2C2H6/c1-8-19-12-20(10-9-17(19)6)25-18(7)11-23-22(16(4)5)13-21(15(2)3)14-24(23)26-25;2*1-2/h9-10,12-16,18,25H,8,11H2,1-7H3;2*1-2H3/t18?,25-;;/m0../s1. The first kappa shape index (κ1) is 26.3. The Labute approximate surface area is 187 Å². The summed E-state index contributed by atoms with van der Waals surface area (Å²) in [5.41, 5.74) is 8.42. The lowest BCUT2D eigenvalue weighted by atomic mass is 9.82. The second-order valence-electron chi connectivity index (χ2n) is 8.66. The van der Waals surface area contributed by atoms with Gasteiger partial charge in [0.1, 0.15) is 11.9 Å². The molecule has 1 nitrogen and oxygen atoms in total. The molecule has 3 rings (SSSR count). The van der Waals surface area contributed by atoms with Crippen molar-refractivity contribution < 1.29 is 4.74 Å². The summed E-state index contributed by atoms with van der Waals surface area (Å²) in [6.45, 7) is 23.9. The molecule has 1 unspecified atom stereocenters. The largest absolute Gasteiger partial charge is 0.485 e. The van der Waals surface area contributed by atoms with E-state index in [9.17, 15) is 0 Å². The van der Waals surface area contributed by atoms with Crippen LogP contribution in [0, 0.1) is 12.8 Å². The van der Waals surface area contributed by atoms with E-state index in [4.69, 9.17) is 4.74 Å². The lowest BCUT2D eigenvalue weighted by Crippen LogP contribution is -2.25. The van der Waals surface area contributed by atoms with E-state index in [1.54, 1.807) is 0 Å². The number of fused-ring (bicyclic) bond motifs is 1. The normalized spacial score (nSPS) is 17.4. The van der Waals surface area contributed by atoms with Gasteiger partial charge in [-0.25, -0.2) is 0 Å². The van der Waals surface area contributed by atoms with Crippen LogP contribution in [-0.2, 0) is 12.8 Å². The Balaban J connectivity index is 0.00000106. The first-order chi connectivity index (χ1) is 14.3. The maximum absolute atomic E-state index is 6.65. The Bertz CT molecular complexity index is 785. The van der Waals surface area contributed by atoms with E-state index < -0.39 is 0 Å². The molecule has 1 aliphatic heterocycles. The average molecular weight is 411 g/mol. The van der Waals surface area contributed by atoms with Crippen molar-refractivity contribution >= 4 is 0 Å². The first-order valence-electron chi connectivity index (χ1n) is 12.2. The van der Waals surface area contributed by atoms with Gasteiger partial charge >= 0.3 is 0 Å². The summed E-state index contributed by atoms with van der Waals surface area (Å²) >= 11 is 0. The van der Waals surface area contributed by atoms with E-state index in [0.717, 1.165) is 18.6 Å². The topological polar surface area (TPSA) is 9.23 Å². The van der Waals surface area contributed by atoms with Crippen LogP contribution in [0.5, 0.6) is 5.75 Å². The van der Waals surface area contributed by atoms with Gasteiger partial charge in [-0.05, 0) is 71.0 Å². The molecule has 30 heavy (non-hydrogen) atoms. The van der Waals surface area contributed by atoms with Crippen LogP contribution >= 0.6 is 0 Å². The summed E-state index contributed by atoms with van der Waals surface area (Å²) in [4.78, 5) is 0. The second kappa shape index (κ2) is 12.2. The zero-order valence-corrected chi connectivity index (χ0v) is 21.5. The number of hydrogen-bond acceptors (Lipinski definition) is 1. The molecule has 0 N–H and O–H groups in total. The number of benzene rings is 2. The molecule has 0 aliphatic carbocycles. The summed E-state index contributed by atoms with van der Waals surface area (Å²) in [6.07, 6.45) is 2.32. The zero-order valence-electron chi connectivity index (χ0n) is 21.5. The van der Waals surface area contributed by atoms with Gasteiger partial charge in [0.2, 0.25) is 0 Å². The van der Waals surface area contributed by atoms with E-state index >= 15 is 0 Å². The Morgan fingerprint density at radius 1 is 0.933 bits per heavy atom. The molecule has 0 saturated heterocycles. The quantitative estimate of drug-likeness (QED) is 0.488. The molecule has 1 heterocycles. The minimum atomic E-state index is 0.149. The molecule has 1 aliphatic rings. The molecular weight excluding hydrogens is 364 g/mol. The van der Waals surface area contributed by atoms with E-state index in [0.29, 0.717) is 17.8 Å². The van der Waals surface area contributed by atoms with Crippen molar-refractivity contribution in [1.82, 2.24) is 0 Å². The van der Waals surface area contributed by atoms with Crippen LogP contribution < -0.4 is 4.74 Å². The van der Waals surface area contributed by atoms with Crippen molar-refractivity contribution in [2.24, 2.45) is 5.92 Å². The van der Waals surface area contributed by atoms with Crippen molar-refractivity contribution in [2.75, 3.05) is 0 Å². The monoisotopic (exact) mass is 410 g/mol. The smallest absolute Gasteiger partial charge is 0.127 e. The molecule has 0 aromatic heterocycles. The van der Waals surface area contributed by atoms with E-state index in [1.807, 2.05) is 27.7 Å². The fourth-order valence-electron chi connectivity index (χ4n) is 4.19. The SMILES string of the molecule is CC.CC.CCc1cc([C@H]2Oc3cc(C(C)C)cc(C(C)C)c3CC2C)ccc1C. The number of hydrogen-bond donors (Lipinski definition) is 0. The van der Waals surface area contributed by atoms with E-state index in [2.05, 4.69) is 78.8 Å². The summed E-state index contributed by atoms with van der Waals surface area (Å²) in [5, 5.41) is 0. The van der Waals surface area contributed by atoms with Crippen LogP contribution in [0.15, 0.2) is 30.3 Å². The lowest BCUT2D eigenvalue weighted by Gasteiger charge is -2.35. The van der Waals surface area contributed by atoms with Crippen molar-refractivity contribution in [3.8, 4) is 5.75 Å². The minimum Gasteiger partial charge on any atom is -0.485 e. The Morgan fingerprint density at radius 3 is 2.10 bits per heavy atom. The van der Waals surface area contributed by atoms with Gasteiger partial charge in [-0.1, -0.05) is 93.5 Å². The van der Waals surface area contributed by atoms with Crippen LogP contribution in [-0.4, -0.2) is 0 Å². The fourth-order valence-corrected chi connectivity index (χ4v) is 4.19. The molecule has 0 radical (unpaired) electrons. The van der Waals surface area contributed by atoms with Crippen LogP contribution in [0.2, 0.25) is 0 Å². The molecule has 1 heteroatoms.